The van der Waals surface area contributed by atoms with Crippen molar-refractivity contribution < 1.29 is 41.9 Å². The highest BCUT2D eigenvalue weighted by Gasteiger charge is 2.50. The Labute approximate surface area is 181 Å². The standard InChI is InChI=1S/C18H21N3O4.C2HF3O2/c1-12-16(13(2)25-20-12)17(22)21-10-18(11-21)9-14(6-8-23-18)24-15-5-3-4-7-19-15;3-2(4,5)1(6)7/h3-5,7,14H,6,8-11H2,1-2H3;(H,6,7). The van der Waals surface area contributed by atoms with Crippen molar-refractivity contribution >= 4 is 11.9 Å². The molecular weight excluding hydrogens is 435 g/mol. The number of halogens is 3. The number of hydrogen-bond acceptors (Lipinski definition) is 7. The van der Waals surface area contributed by atoms with E-state index in [0.29, 0.717) is 42.6 Å². The molecule has 0 radical (unpaired) electrons. The number of amides is 1. The average molecular weight is 457 g/mol. The summed E-state index contributed by atoms with van der Waals surface area (Å²) in [7, 11) is 0. The van der Waals surface area contributed by atoms with Gasteiger partial charge >= 0.3 is 12.1 Å². The molecule has 0 saturated carbocycles. The zero-order valence-electron chi connectivity index (χ0n) is 17.4. The van der Waals surface area contributed by atoms with Crippen molar-refractivity contribution in [3.8, 4) is 5.88 Å². The van der Waals surface area contributed by atoms with E-state index in [-0.39, 0.29) is 17.6 Å². The first-order valence-corrected chi connectivity index (χ1v) is 9.75. The number of ether oxygens (including phenoxy) is 2. The van der Waals surface area contributed by atoms with E-state index in [1.807, 2.05) is 18.2 Å². The van der Waals surface area contributed by atoms with Gasteiger partial charge in [-0.15, -0.1) is 0 Å². The first-order chi connectivity index (χ1) is 15.0. The van der Waals surface area contributed by atoms with Gasteiger partial charge in [-0.2, -0.15) is 13.2 Å². The summed E-state index contributed by atoms with van der Waals surface area (Å²) in [4.78, 5) is 27.6. The number of rotatable bonds is 3. The number of carbonyl (C=O) groups is 2. The lowest BCUT2D eigenvalue weighted by Crippen LogP contribution is -2.67. The van der Waals surface area contributed by atoms with Crippen molar-refractivity contribution in [2.24, 2.45) is 0 Å². The third-order valence-corrected chi connectivity index (χ3v) is 5.11. The lowest BCUT2D eigenvalue weighted by atomic mass is 9.84. The van der Waals surface area contributed by atoms with E-state index < -0.39 is 12.1 Å². The minimum Gasteiger partial charge on any atom is -0.475 e. The number of aryl methyl sites for hydroxylation is 2. The Bertz CT molecular complexity index is 938. The lowest BCUT2D eigenvalue weighted by molar-refractivity contribution is -0.192. The zero-order valence-corrected chi connectivity index (χ0v) is 17.4. The largest absolute Gasteiger partial charge is 0.490 e. The van der Waals surface area contributed by atoms with Crippen LogP contribution in [-0.4, -0.2) is 69.6 Å². The zero-order chi connectivity index (χ0) is 23.5. The predicted molar refractivity (Wildman–Crippen MR) is 102 cm³/mol. The van der Waals surface area contributed by atoms with Crippen LogP contribution in [0.5, 0.6) is 5.88 Å². The van der Waals surface area contributed by atoms with E-state index in [1.165, 1.54) is 0 Å². The number of aliphatic carboxylic acids is 1. The molecule has 1 amide bonds. The minimum atomic E-state index is -5.08. The first-order valence-electron chi connectivity index (χ1n) is 9.75. The summed E-state index contributed by atoms with van der Waals surface area (Å²) < 4.78 is 48.8. The second-order valence-corrected chi connectivity index (χ2v) is 7.60. The monoisotopic (exact) mass is 457 g/mol. The first kappa shape index (κ1) is 23.5. The highest BCUT2D eigenvalue weighted by atomic mass is 19.4. The maximum absolute atomic E-state index is 12.7. The Balaban J connectivity index is 0.000000360. The SMILES string of the molecule is Cc1noc(C)c1C(=O)N1CC2(CC(Oc3ccccn3)CCO2)C1.O=C(O)C(F)(F)F. The van der Waals surface area contributed by atoms with Crippen LogP contribution in [0, 0.1) is 13.8 Å². The van der Waals surface area contributed by atoms with E-state index in [4.69, 9.17) is 23.9 Å². The van der Waals surface area contributed by atoms with Crippen LogP contribution in [0.2, 0.25) is 0 Å². The summed E-state index contributed by atoms with van der Waals surface area (Å²) in [5.41, 5.74) is 0.878. The van der Waals surface area contributed by atoms with Gasteiger partial charge in [-0.05, 0) is 19.9 Å². The van der Waals surface area contributed by atoms with Crippen LogP contribution in [-0.2, 0) is 9.53 Å². The van der Waals surface area contributed by atoms with Gasteiger partial charge in [0.05, 0.1) is 25.4 Å². The molecule has 9 nitrogen and oxygen atoms in total. The Hall–Kier alpha value is -3.15. The summed E-state index contributed by atoms with van der Waals surface area (Å²) in [6.07, 6.45) is -1.72. The molecule has 2 aliphatic heterocycles. The van der Waals surface area contributed by atoms with Crippen LogP contribution in [0.3, 0.4) is 0 Å². The molecule has 1 N–H and O–H groups in total. The van der Waals surface area contributed by atoms with Crippen molar-refractivity contribution in [1.82, 2.24) is 15.0 Å². The summed E-state index contributed by atoms with van der Waals surface area (Å²) >= 11 is 0. The van der Waals surface area contributed by atoms with E-state index >= 15 is 0 Å². The van der Waals surface area contributed by atoms with Crippen LogP contribution in [0.25, 0.3) is 0 Å². The molecule has 2 aromatic heterocycles. The number of alkyl halides is 3. The number of nitrogens with zero attached hydrogens (tertiary/aromatic N) is 3. The van der Waals surface area contributed by atoms with Crippen LogP contribution in [0.15, 0.2) is 28.9 Å². The molecule has 0 aromatic carbocycles. The predicted octanol–water partition coefficient (Wildman–Crippen LogP) is 2.77. The molecule has 2 aromatic rings. The van der Waals surface area contributed by atoms with Crippen molar-refractivity contribution in [2.75, 3.05) is 19.7 Å². The molecule has 4 heterocycles. The van der Waals surface area contributed by atoms with Crippen LogP contribution >= 0.6 is 0 Å². The van der Waals surface area contributed by atoms with Crippen molar-refractivity contribution in [1.29, 1.82) is 0 Å². The fourth-order valence-corrected chi connectivity index (χ4v) is 3.63. The Kier molecular flexibility index (Phi) is 6.72. The van der Waals surface area contributed by atoms with Crippen molar-refractivity contribution in [3.05, 3.63) is 41.4 Å². The smallest absolute Gasteiger partial charge is 0.475 e. The fourth-order valence-electron chi connectivity index (χ4n) is 3.63. The fraction of sp³-hybridized carbons (Fsp3) is 0.500. The maximum Gasteiger partial charge on any atom is 0.490 e. The highest BCUT2D eigenvalue weighted by molar-refractivity contribution is 5.96. The van der Waals surface area contributed by atoms with Crippen molar-refractivity contribution in [3.63, 3.8) is 0 Å². The number of aromatic nitrogens is 2. The molecule has 2 aliphatic rings. The molecule has 1 spiro atoms. The molecule has 1 unspecified atom stereocenters. The molecule has 4 rings (SSSR count). The number of carboxylic acids is 1. The molecule has 0 bridgehead atoms. The number of carbonyl (C=O) groups excluding carboxylic acids is 1. The topological polar surface area (TPSA) is 115 Å². The molecule has 174 valence electrons. The van der Waals surface area contributed by atoms with Crippen LogP contribution in [0.4, 0.5) is 13.2 Å². The second-order valence-electron chi connectivity index (χ2n) is 7.60. The molecule has 12 heteroatoms. The minimum absolute atomic E-state index is 0.0433. The van der Waals surface area contributed by atoms with Gasteiger partial charge in [-0.25, -0.2) is 9.78 Å². The van der Waals surface area contributed by atoms with Crippen LogP contribution < -0.4 is 4.74 Å². The Morgan fingerprint density at radius 1 is 1.28 bits per heavy atom. The van der Waals surface area contributed by atoms with Crippen LogP contribution in [0.1, 0.15) is 34.7 Å². The Morgan fingerprint density at radius 2 is 1.97 bits per heavy atom. The summed E-state index contributed by atoms with van der Waals surface area (Å²) in [5.74, 6) is -1.61. The summed E-state index contributed by atoms with van der Waals surface area (Å²) in [5, 5.41) is 11.0. The van der Waals surface area contributed by atoms with Crippen molar-refractivity contribution in [2.45, 2.75) is 44.6 Å². The van der Waals surface area contributed by atoms with Gasteiger partial charge in [0.25, 0.3) is 5.91 Å². The number of carboxylic acid groups (broad SMARTS) is 1. The van der Waals surface area contributed by atoms with Gasteiger partial charge in [0.1, 0.15) is 23.0 Å². The highest BCUT2D eigenvalue weighted by Crippen LogP contribution is 2.36. The van der Waals surface area contributed by atoms with E-state index in [2.05, 4.69) is 10.1 Å². The quantitative estimate of drug-likeness (QED) is 0.748. The number of pyridine rings is 1. The molecule has 32 heavy (non-hydrogen) atoms. The van der Waals surface area contributed by atoms with E-state index in [1.54, 1.807) is 24.9 Å². The Morgan fingerprint density at radius 3 is 2.50 bits per heavy atom. The van der Waals surface area contributed by atoms with E-state index in [9.17, 15) is 18.0 Å². The van der Waals surface area contributed by atoms with Gasteiger partial charge in [0, 0.05) is 25.1 Å². The molecule has 0 aliphatic carbocycles. The molecular formula is C20H22F3N3O6. The molecule has 1 atom stereocenters. The van der Waals surface area contributed by atoms with Gasteiger partial charge < -0.3 is 24.0 Å². The maximum atomic E-state index is 12.7. The summed E-state index contributed by atoms with van der Waals surface area (Å²) in [6.45, 7) is 5.31. The lowest BCUT2D eigenvalue weighted by Gasteiger charge is -2.52. The van der Waals surface area contributed by atoms with Gasteiger partial charge in [-0.3, -0.25) is 4.79 Å². The van der Waals surface area contributed by atoms with Gasteiger partial charge in [0.15, 0.2) is 0 Å². The average Bonchev–Trinajstić information content (AvgIpc) is 3.04. The second kappa shape index (κ2) is 9.15. The number of likely N-dealkylation sites (tertiary alicyclic amines) is 1. The van der Waals surface area contributed by atoms with E-state index in [0.717, 1.165) is 12.8 Å². The normalized spacial score (nSPS) is 19.5. The third-order valence-electron chi connectivity index (χ3n) is 5.11. The molecule has 2 fully saturated rings. The molecule has 2 saturated heterocycles. The van der Waals surface area contributed by atoms with Gasteiger partial charge in [-0.1, -0.05) is 11.2 Å². The van der Waals surface area contributed by atoms with Gasteiger partial charge in [0.2, 0.25) is 5.88 Å². The summed E-state index contributed by atoms with van der Waals surface area (Å²) in [6, 6.07) is 5.63. The third kappa shape index (κ3) is 5.36. The number of hydrogen-bond donors (Lipinski definition) is 1.